The van der Waals surface area contributed by atoms with Crippen molar-refractivity contribution >= 4 is 78.4 Å². The highest BCUT2D eigenvalue weighted by atomic mass is 32.1. The Bertz CT molecular complexity index is 1610. The Morgan fingerprint density at radius 2 is 1.00 bits per heavy atom. The summed E-state index contributed by atoms with van der Waals surface area (Å²) in [7, 11) is -3.08. The zero-order chi connectivity index (χ0) is 26.7. The first kappa shape index (κ1) is 25.6. The van der Waals surface area contributed by atoms with Gasteiger partial charge in [0.25, 0.3) is 0 Å². The van der Waals surface area contributed by atoms with Crippen molar-refractivity contribution in [2.45, 2.75) is 38.5 Å². The van der Waals surface area contributed by atoms with Crippen LogP contribution in [0, 0.1) is 0 Å². The topological polar surface area (TPSA) is 23.6 Å². The van der Waals surface area contributed by atoms with E-state index in [-0.39, 0.29) is 0 Å². The van der Waals surface area contributed by atoms with E-state index in [1.165, 1.54) is 77.8 Å². The van der Waals surface area contributed by atoms with Crippen LogP contribution in [0.1, 0.15) is 38.5 Å². The third kappa shape index (κ3) is 4.20. The Balaban J connectivity index is 1.26. The van der Waals surface area contributed by atoms with Gasteiger partial charge in [0.1, 0.15) is 0 Å². The average Bonchev–Trinajstić information content (AvgIpc) is 3.82. The van der Waals surface area contributed by atoms with E-state index in [1.54, 1.807) is 0 Å². The van der Waals surface area contributed by atoms with E-state index in [9.17, 15) is 0 Å². The molecule has 0 unspecified atom stereocenters. The zero-order valence-electron chi connectivity index (χ0n) is 22.3. The van der Waals surface area contributed by atoms with Crippen LogP contribution in [0.2, 0.25) is 0 Å². The fourth-order valence-electron chi connectivity index (χ4n) is 6.34. The smallest absolute Gasteiger partial charge is 0.174 e. The minimum Gasteiger partial charge on any atom is -0.363 e. The number of hydrogen-bond acceptors (Lipinski definition) is 7. The van der Waals surface area contributed by atoms with E-state index in [4.69, 9.17) is 0 Å². The minimum absolute atomic E-state index is 0.939. The quantitative estimate of drug-likeness (QED) is 0.180. The predicted molar refractivity (Wildman–Crippen MR) is 179 cm³/mol. The van der Waals surface area contributed by atoms with Gasteiger partial charge in [-0.25, -0.2) is 0 Å². The number of rotatable bonds is 5. The number of thiophene rings is 4. The molecule has 0 spiro atoms. The Hall–Kier alpha value is -2.15. The summed E-state index contributed by atoms with van der Waals surface area (Å²) in [5, 5.41) is 5.69. The average molecular weight is 619 g/mol. The molecular weight excluding hydrogens is 588 g/mol. The standard InChI is InChI=1S/C32H31N2OPS4/c35-36(22-10-4-1-5-11-22)23-20-27(39-31(23)25-12-14-29(37-25)33-16-6-2-7-17-33)28-21-24(36)32(40-28)26-13-15-30(38-26)34-18-8-3-9-19-34/h1,4-5,10-15,20-21H,2-3,6-9,16-19H2. The van der Waals surface area contributed by atoms with Gasteiger partial charge in [-0.05, 0) is 74.9 Å². The van der Waals surface area contributed by atoms with E-state index < -0.39 is 7.14 Å². The first-order valence-electron chi connectivity index (χ1n) is 14.3. The molecular formula is C32H31N2OPS4. The number of nitrogens with zero attached hydrogens (tertiary/aromatic N) is 2. The molecule has 7 heterocycles. The summed E-state index contributed by atoms with van der Waals surface area (Å²) in [5.41, 5.74) is 0. The van der Waals surface area contributed by atoms with Gasteiger partial charge >= 0.3 is 0 Å². The van der Waals surface area contributed by atoms with Crippen molar-refractivity contribution < 1.29 is 4.57 Å². The lowest BCUT2D eigenvalue weighted by Gasteiger charge is -2.27. The summed E-state index contributed by atoms with van der Waals surface area (Å²) in [5.74, 6) is 0. The Morgan fingerprint density at radius 3 is 1.48 bits per heavy atom. The van der Waals surface area contributed by atoms with Crippen molar-refractivity contribution in [2.75, 3.05) is 36.0 Å². The van der Waals surface area contributed by atoms with Crippen LogP contribution < -0.4 is 25.7 Å². The SMILES string of the molecule is O=P1(c2ccccc2)c2cc(sc2-c2ccc(N3CCCCC3)s2)-c2cc1c(-c1ccc(N3CCCCC3)s1)s2. The molecule has 1 aromatic carbocycles. The van der Waals surface area contributed by atoms with Gasteiger partial charge in [0.05, 0.1) is 19.8 Å². The van der Waals surface area contributed by atoms with Crippen LogP contribution in [0.25, 0.3) is 29.3 Å². The maximum atomic E-state index is 15.8. The molecule has 8 heteroatoms. The molecule has 4 bridgehead atoms. The Kier molecular flexibility index (Phi) is 6.57. The molecule has 204 valence electrons. The van der Waals surface area contributed by atoms with E-state index in [0.29, 0.717) is 0 Å². The summed E-state index contributed by atoms with van der Waals surface area (Å²) in [6, 6.07) is 23.9. The lowest BCUT2D eigenvalue weighted by atomic mass is 10.1. The molecule has 3 aliphatic heterocycles. The highest BCUT2D eigenvalue weighted by Crippen LogP contribution is 2.57. The third-order valence-corrected chi connectivity index (χ3v) is 16.9. The summed E-state index contributed by atoms with van der Waals surface area (Å²) in [6.07, 6.45) is 7.76. The van der Waals surface area contributed by atoms with Gasteiger partial charge in [-0.15, -0.1) is 45.3 Å². The Labute approximate surface area is 252 Å². The van der Waals surface area contributed by atoms with Crippen molar-refractivity contribution in [3.8, 4) is 29.3 Å². The molecule has 5 aromatic rings. The van der Waals surface area contributed by atoms with Gasteiger partial charge in [-0.3, -0.25) is 0 Å². The summed E-state index contributed by atoms with van der Waals surface area (Å²) in [6.45, 7) is 4.58. The van der Waals surface area contributed by atoms with E-state index in [1.807, 2.05) is 63.5 Å². The molecule has 0 amide bonds. The molecule has 3 aliphatic rings. The number of anilines is 2. The number of piperidine rings is 2. The van der Waals surface area contributed by atoms with Crippen molar-refractivity contribution in [3.05, 3.63) is 66.7 Å². The second-order valence-corrected chi connectivity index (χ2v) is 17.9. The van der Waals surface area contributed by atoms with Gasteiger partial charge in [0.2, 0.25) is 0 Å². The first-order valence-corrected chi connectivity index (χ1v) is 19.3. The fraction of sp³-hybridized carbons (Fsp3) is 0.312. The highest BCUT2D eigenvalue weighted by molar-refractivity contribution is 7.86. The molecule has 0 radical (unpaired) electrons. The lowest BCUT2D eigenvalue weighted by Crippen LogP contribution is -2.28. The van der Waals surface area contributed by atoms with Crippen molar-refractivity contribution in [1.82, 2.24) is 0 Å². The number of fused-ring (bicyclic) bond motifs is 5. The van der Waals surface area contributed by atoms with Crippen LogP contribution in [-0.4, -0.2) is 26.2 Å². The summed E-state index contributed by atoms with van der Waals surface area (Å²) >= 11 is 7.41. The zero-order valence-corrected chi connectivity index (χ0v) is 26.5. The normalized spacial score (nSPS) is 18.2. The van der Waals surface area contributed by atoms with Crippen LogP contribution in [-0.2, 0) is 4.57 Å². The molecule has 8 rings (SSSR count). The number of hydrogen-bond donors (Lipinski definition) is 0. The largest absolute Gasteiger partial charge is 0.363 e. The monoisotopic (exact) mass is 618 g/mol. The van der Waals surface area contributed by atoms with Crippen LogP contribution in [0.3, 0.4) is 0 Å². The van der Waals surface area contributed by atoms with Crippen molar-refractivity contribution in [3.63, 3.8) is 0 Å². The number of benzene rings is 1. The predicted octanol–water partition coefficient (Wildman–Crippen LogP) is 8.87. The van der Waals surface area contributed by atoms with Gasteiger partial charge in [-0.2, -0.15) is 0 Å². The molecule has 3 nitrogen and oxygen atoms in total. The van der Waals surface area contributed by atoms with Gasteiger partial charge in [0, 0.05) is 61.6 Å². The Morgan fingerprint density at radius 1 is 0.525 bits per heavy atom. The van der Waals surface area contributed by atoms with Crippen LogP contribution in [0.4, 0.5) is 10.0 Å². The molecule has 2 fully saturated rings. The molecule has 0 saturated carbocycles. The van der Waals surface area contributed by atoms with Crippen molar-refractivity contribution in [2.24, 2.45) is 0 Å². The molecule has 40 heavy (non-hydrogen) atoms. The third-order valence-electron chi connectivity index (χ3n) is 8.43. The molecule has 4 aromatic heterocycles. The van der Waals surface area contributed by atoms with Gasteiger partial charge < -0.3 is 14.4 Å². The molecule has 0 N–H and O–H groups in total. The molecule has 2 saturated heterocycles. The highest BCUT2D eigenvalue weighted by Gasteiger charge is 2.41. The lowest BCUT2D eigenvalue weighted by molar-refractivity contribution is 0.580. The molecule has 0 aliphatic carbocycles. The first-order chi connectivity index (χ1) is 19.7. The second-order valence-electron chi connectivity index (χ2n) is 11.0. The van der Waals surface area contributed by atoms with E-state index in [2.05, 4.69) is 58.3 Å². The minimum atomic E-state index is -3.08. The summed E-state index contributed by atoms with van der Waals surface area (Å²) < 4.78 is 15.8. The van der Waals surface area contributed by atoms with Crippen LogP contribution >= 0.6 is 52.5 Å². The van der Waals surface area contributed by atoms with E-state index in [0.717, 1.165) is 42.1 Å². The van der Waals surface area contributed by atoms with E-state index >= 15 is 4.57 Å². The van der Waals surface area contributed by atoms with Crippen LogP contribution in [0.5, 0.6) is 0 Å². The van der Waals surface area contributed by atoms with Crippen LogP contribution in [0.15, 0.2) is 66.7 Å². The fourth-order valence-corrected chi connectivity index (χ4v) is 15.1. The second kappa shape index (κ2) is 10.3. The van der Waals surface area contributed by atoms with Crippen molar-refractivity contribution in [1.29, 1.82) is 0 Å². The summed E-state index contributed by atoms with van der Waals surface area (Å²) in [4.78, 5) is 12.5. The molecule has 0 atom stereocenters. The maximum Gasteiger partial charge on any atom is 0.174 e. The van der Waals surface area contributed by atoms with Gasteiger partial charge in [0.15, 0.2) is 7.14 Å². The van der Waals surface area contributed by atoms with Gasteiger partial charge in [-0.1, -0.05) is 30.3 Å². The maximum absolute atomic E-state index is 15.8.